The molecular weight excluding hydrogens is 320 g/mol. The van der Waals surface area contributed by atoms with Gasteiger partial charge in [-0.25, -0.2) is 4.98 Å². The van der Waals surface area contributed by atoms with Crippen LogP contribution in [0.25, 0.3) is 33.5 Å². The van der Waals surface area contributed by atoms with Crippen LogP contribution in [0.5, 0.6) is 0 Å². The van der Waals surface area contributed by atoms with E-state index in [0.717, 1.165) is 16.8 Å². The summed E-state index contributed by atoms with van der Waals surface area (Å²) in [5.41, 5.74) is 2.75. The Balaban J connectivity index is 1.92. The zero-order valence-corrected chi connectivity index (χ0v) is 15.3. The molecule has 3 nitrogen and oxygen atoms in total. The third-order valence-corrected chi connectivity index (χ3v) is 4.18. The Morgan fingerprint density at radius 1 is 0.808 bits per heavy atom. The highest BCUT2D eigenvalue weighted by Crippen LogP contribution is 2.37. The second kappa shape index (κ2) is 6.34. The fraction of sp³-hybridized carbons (Fsp3) is 0.174. The van der Waals surface area contributed by atoms with Gasteiger partial charge in [-0.15, -0.1) is 0 Å². The van der Waals surface area contributed by atoms with E-state index in [-0.39, 0.29) is 5.54 Å². The van der Waals surface area contributed by atoms with E-state index in [1.165, 1.54) is 10.8 Å². The standard InChI is InChI=1S/C23H22N2O/c1-23(2,3)25-22-20(24-21(26-22)17-11-5-4-6-12-17)19-15-9-13-16-10-7-8-14-18(16)19/h4-15,25H,1-3H3. The minimum Gasteiger partial charge on any atom is -0.420 e. The lowest BCUT2D eigenvalue weighted by Gasteiger charge is -2.20. The number of nitrogens with zero attached hydrogens (tertiary/aromatic N) is 1. The molecule has 4 aromatic rings. The fourth-order valence-corrected chi connectivity index (χ4v) is 3.06. The first-order chi connectivity index (χ1) is 12.5. The molecule has 0 fully saturated rings. The first-order valence-electron chi connectivity index (χ1n) is 8.84. The Morgan fingerprint density at radius 3 is 2.27 bits per heavy atom. The predicted octanol–water partition coefficient (Wildman–Crippen LogP) is 6.37. The maximum absolute atomic E-state index is 6.16. The third kappa shape index (κ3) is 3.21. The van der Waals surface area contributed by atoms with Crippen LogP contribution in [-0.2, 0) is 0 Å². The van der Waals surface area contributed by atoms with Crippen LogP contribution in [-0.4, -0.2) is 10.5 Å². The molecule has 0 saturated carbocycles. The van der Waals surface area contributed by atoms with Crippen LogP contribution in [0, 0.1) is 0 Å². The average Bonchev–Trinajstić information content (AvgIpc) is 3.04. The van der Waals surface area contributed by atoms with E-state index in [1.807, 2.05) is 30.3 Å². The Hall–Kier alpha value is -3.07. The van der Waals surface area contributed by atoms with Gasteiger partial charge in [0.05, 0.1) is 0 Å². The van der Waals surface area contributed by atoms with Crippen molar-refractivity contribution in [2.45, 2.75) is 26.3 Å². The summed E-state index contributed by atoms with van der Waals surface area (Å²) in [5, 5.41) is 5.83. The topological polar surface area (TPSA) is 38.1 Å². The Morgan fingerprint density at radius 2 is 1.50 bits per heavy atom. The normalized spacial score (nSPS) is 11.7. The van der Waals surface area contributed by atoms with Gasteiger partial charge in [0, 0.05) is 16.7 Å². The lowest BCUT2D eigenvalue weighted by Crippen LogP contribution is -2.26. The summed E-state index contributed by atoms with van der Waals surface area (Å²) in [5.74, 6) is 1.33. The molecule has 0 aliphatic heterocycles. The maximum Gasteiger partial charge on any atom is 0.229 e. The highest BCUT2D eigenvalue weighted by molar-refractivity contribution is 5.98. The molecule has 1 aromatic heterocycles. The van der Waals surface area contributed by atoms with Gasteiger partial charge in [-0.05, 0) is 43.7 Å². The van der Waals surface area contributed by atoms with Crippen LogP contribution in [0.2, 0.25) is 0 Å². The highest BCUT2D eigenvalue weighted by Gasteiger charge is 2.21. The number of fused-ring (bicyclic) bond motifs is 1. The Labute approximate surface area is 153 Å². The molecule has 26 heavy (non-hydrogen) atoms. The van der Waals surface area contributed by atoms with Crippen LogP contribution >= 0.6 is 0 Å². The quantitative estimate of drug-likeness (QED) is 0.470. The molecule has 0 aliphatic rings. The van der Waals surface area contributed by atoms with Gasteiger partial charge in [-0.2, -0.15) is 0 Å². The van der Waals surface area contributed by atoms with Crippen molar-refractivity contribution in [1.29, 1.82) is 0 Å². The van der Waals surface area contributed by atoms with Crippen LogP contribution < -0.4 is 5.32 Å². The molecule has 0 saturated heterocycles. The Kier molecular flexibility index (Phi) is 4.00. The van der Waals surface area contributed by atoms with E-state index in [4.69, 9.17) is 9.40 Å². The largest absolute Gasteiger partial charge is 0.420 e. The molecule has 1 heterocycles. The number of hydrogen-bond acceptors (Lipinski definition) is 3. The van der Waals surface area contributed by atoms with Crippen LogP contribution in [0.15, 0.2) is 77.2 Å². The molecule has 3 heteroatoms. The zero-order valence-electron chi connectivity index (χ0n) is 15.3. The monoisotopic (exact) mass is 342 g/mol. The van der Waals surface area contributed by atoms with Crippen molar-refractivity contribution in [3.05, 3.63) is 72.8 Å². The number of hydrogen-bond donors (Lipinski definition) is 1. The summed E-state index contributed by atoms with van der Waals surface area (Å²) >= 11 is 0. The van der Waals surface area contributed by atoms with E-state index < -0.39 is 0 Å². The average molecular weight is 342 g/mol. The van der Waals surface area contributed by atoms with Crippen molar-refractivity contribution in [1.82, 2.24) is 4.98 Å². The molecule has 130 valence electrons. The second-order valence-corrected chi connectivity index (χ2v) is 7.46. The van der Waals surface area contributed by atoms with Crippen LogP contribution in [0.1, 0.15) is 20.8 Å². The summed E-state index contributed by atoms with van der Waals surface area (Å²) in [6, 6.07) is 24.6. The highest BCUT2D eigenvalue weighted by atomic mass is 16.4. The van der Waals surface area contributed by atoms with Crippen LogP contribution in [0.4, 0.5) is 5.88 Å². The third-order valence-electron chi connectivity index (χ3n) is 4.18. The maximum atomic E-state index is 6.16. The van der Waals surface area contributed by atoms with Gasteiger partial charge >= 0.3 is 0 Å². The number of anilines is 1. The molecule has 0 bridgehead atoms. The van der Waals surface area contributed by atoms with E-state index in [1.54, 1.807) is 0 Å². The summed E-state index contributed by atoms with van der Waals surface area (Å²) in [6.45, 7) is 6.35. The SMILES string of the molecule is CC(C)(C)Nc1oc(-c2ccccc2)nc1-c1cccc2ccccc12. The van der Waals surface area contributed by atoms with Crippen LogP contribution in [0.3, 0.4) is 0 Å². The smallest absolute Gasteiger partial charge is 0.229 e. The molecular formula is C23H22N2O. The van der Waals surface area contributed by atoms with Gasteiger partial charge in [0.2, 0.25) is 11.8 Å². The van der Waals surface area contributed by atoms with Crippen molar-refractivity contribution in [2.75, 3.05) is 5.32 Å². The van der Waals surface area contributed by atoms with E-state index >= 15 is 0 Å². The summed E-state index contributed by atoms with van der Waals surface area (Å²) in [4.78, 5) is 4.86. The van der Waals surface area contributed by atoms with E-state index in [9.17, 15) is 0 Å². The first-order valence-corrected chi connectivity index (χ1v) is 8.84. The predicted molar refractivity (Wildman–Crippen MR) is 108 cm³/mol. The van der Waals surface area contributed by atoms with Crippen molar-refractivity contribution in [3.63, 3.8) is 0 Å². The molecule has 0 unspecified atom stereocenters. The summed E-state index contributed by atoms with van der Waals surface area (Å²) in [6.07, 6.45) is 0. The van der Waals surface area contributed by atoms with E-state index in [0.29, 0.717) is 11.8 Å². The molecule has 0 amide bonds. The van der Waals surface area contributed by atoms with E-state index in [2.05, 4.69) is 68.6 Å². The van der Waals surface area contributed by atoms with Gasteiger partial charge < -0.3 is 9.73 Å². The van der Waals surface area contributed by atoms with Gasteiger partial charge in [0.15, 0.2) is 0 Å². The van der Waals surface area contributed by atoms with Crippen molar-refractivity contribution in [3.8, 4) is 22.7 Å². The fourth-order valence-electron chi connectivity index (χ4n) is 3.06. The molecule has 0 spiro atoms. The molecule has 4 rings (SSSR count). The van der Waals surface area contributed by atoms with Gasteiger partial charge in [-0.3, -0.25) is 0 Å². The minimum atomic E-state index is -0.132. The summed E-state index contributed by atoms with van der Waals surface area (Å²) in [7, 11) is 0. The number of nitrogens with one attached hydrogen (secondary N) is 1. The van der Waals surface area contributed by atoms with Crippen molar-refractivity contribution < 1.29 is 4.42 Å². The van der Waals surface area contributed by atoms with Crippen molar-refractivity contribution >= 4 is 16.7 Å². The number of aromatic nitrogens is 1. The number of oxazole rings is 1. The molecule has 1 N–H and O–H groups in total. The lowest BCUT2D eigenvalue weighted by molar-refractivity contribution is 0.545. The molecule has 0 atom stereocenters. The lowest BCUT2D eigenvalue weighted by atomic mass is 10.0. The summed E-state index contributed by atoms with van der Waals surface area (Å²) < 4.78 is 6.16. The van der Waals surface area contributed by atoms with Gasteiger partial charge in [0.1, 0.15) is 5.69 Å². The Bertz CT molecular complexity index is 1040. The van der Waals surface area contributed by atoms with Gasteiger partial charge in [0.25, 0.3) is 0 Å². The zero-order chi connectivity index (χ0) is 18.1. The second-order valence-electron chi connectivity index (χ2n) is 7.46. The minimum absolute atomic E-state index is 0.132. The first kappa shape index (κ1) is 16.4. The number of benzene rings is 3. The molecule has 0 aliphatic carbocycles. The van der Waals surface area contributed by atoms with Crippen molar-refractivity contribution in [2.24, 2.45) is 0 Å². The van der Waals surface area contributed by atoms with Gasteiger partial charge in [-0.1, -0.05) is 60.7 Å². The number of rotatable bonds is 3. The molecule has 3 aromatic carbocycles. The molecule has 0 radical (unpaired) electrons.